The number of halogens is 1. The lowest BCUT2D eigenvalue weighted by Crippen LogP contribution is -2.15. The average Bonchev–Trinajstić information content (AvgIpc) is 2.81. The van der Waals surface area contributed by atoms with E-state index in [4.69, 9.17) is 11.5 Å². The van der Waals surface area contributed by atoms with Gasteiger partial charge in [0.1, 0.15) is 5.69 Å². The molecule has 0 aliphatic carbocycles. The quantitative estimate of drug-likeness (QED) is 0.835. The molecule has 2 aromatic rings. The van der Waals surface area contributed by atoms with E-state index in [9.17, 15) is 9.18 Å². The lowest BCUT2D eigenvalue weighted by atomic mass is 10.1. The Balaban J connectivity index is 2.65. The molecule has 2 rings (SSSR count). The number of hydrogen-bond donors (Lipinski definition) is 2. The number of aryl methyl sites for hydroxylation is 2. The van der Waals surface area contributed by atoms with Gasteiger partial charge in [0.05, 0.1) is 11.3 Å². The molecule has 1 aromatic carbocycles. The molecule has 0 spiro atoms. The number of amides is 1. The van der Waals surface area contributed by atoms with Gasteiger partial charge in [-0.1, -0.05) is 13.8 Å². The molecule has 106 valence electrons. The van der Waals surface area contributed by atoms with E-state index >= 15 is 0 Å². The number of aromatic nitrogens is 2. The molecular formula is C14H17FN4O. The Kier molecular flexibility index (Phi) is 3.74. The summed E-state index contributed by atoms with van der Waals surface area (Å²) in [7, 11) is 0. The van der Waals surface area contributed by atoms with Crippen LogP contribution in [0.4, 0.5) is 10.1 Å². The minimum atomic E-state index is -0.690. The van der Waals surface area contributed by atoms with Gasteiger partial charge in [-0.25, -0.2) is 9.07 Å². The average molecular weight is 276 g/mol. The van der Waals surface area contributed by atoms with Crippen LogP contribution in [0, 0.1) is 5.82 Å². The summed E-state index contributed by atoms with van der Waals surface area (Å²) in [6.45, 7) is 3.93. The van der Waals surface area contributed by atoms with Gasteiger partial charge >= 0.3 is 0 Å². The summed E-state index contributed by atoms with van der Waals surface area (Å²) in [5, 5.41) is 4.34. The van der Waals surface area contributed by atoms with Gasteiger partial charge in [-0.2, -0.15) is 5.10 Å². The molecule has 4 N–H and O–H groups in total. The van der Waals surface area contributed by atoms with Crippen LogP contribution in [0.25, 0.3) is 5.69 Å². The highest BCUT2D eigenvalue weighted by Gasteiger charge is 2.16. The minimum absolute atomic E-state index is 0.0275. The third-order valence-electron chi connectivity index (χ3n) is 3.17. The largest absolute Gasteiger partial charge is 0.398 e. The van der Waals surface area contributed by atoms with Crippen molar-refractivity contribution >= 4 is 11.6 Å². The van der Waals surface area contributed by atoms with Gasteiger partial charge in [-0.15, -0.1) is 0 Å². The molecule has 1 amide bonds. The second-order valence-electron chi connectivity index (χ2n) is 4.50. The number of rotatable bonds is 4. The highest BCUT2D eigenvalue weighted by atomic mass is 19.1. The molecule has 5 nitrogen and oxygen atoms in total. The molecule has 1 aromatic heterocycles. The van der Waals surface area contributed by atoms with Gasteiger partial charge in [-0.05, 0) is 31.0 Å². The fourth-order valence-electron chi connectivity index (χ4n) is 2.06. The van der Waals surface area contributed by atoms with E-state index in [1.165, 1.54) is 10.7 Å². The van der Waals surface area contributed by atoms with Gasteiger partial charge in [0.2, 0.25) is 0 Å². The van der Waals surface area contributed by atoms with E-state index in [1.807, 2.05) is 19.9 Å². The standard InChI is InChI=1S/C14H17FN4O/c1-3-8-5-9(4-2)19(18-8)13-6-10(14(17)20)12(16)7-11(13)15/h5-7H,3-4,16H2,1-2H3,(H2,17,20). The zero-order valence-electron chi connectivity index (χ0n) is 11.5. The maximum absolute atomic E-state index is 14.1. The molecule has 0 fully saturated rings. The van der Waals surface area contributed by atoms with Crippen LogP contribution < -0.4 is 11.5 Å². The Morgan fingerprint density at radius 2 is 2.00 bits per heavy atom. The Hall–Kier alpha value is -2.37. The van der Waals surface area contributed by atoms with Gasteiger partial charge in [-0.3, -0.25) is 4.79 Å². The van der Waals surface area contributed by atoms with Crippen molar-refractivity contribution in [2.45, 2.75) is 26.7 Å². The number of nitrogen functional groups attached to an aromatic ring is 1. The third kappa shape index (κ3) is 2.36. The number of primary amides is 1. The number of hydrogen-bond acceptors (Lipinski definition) is 3. The van der Waals surface area contributed by atoms with Crippen LogP contribution in [0.15, 0.2) is 18.2 Å². The molecule has 0 bridgehead atoms. The van der Waals surface area contributed by atoms with Gasteiger partial charge in [0.15, 0.2) is 5.82 Å². The van der Waals surface area contributed by atoms with Gasteiger partial charge in [0, 0.05) is 11.4 Å². The van der Waals surface area contributed by atoms with Crippen molar-refractivity contribution in [1.82, 2.24) is 9.78 Å². The molecule has 0 atom stereocenters. The number of anilines is 1. The van der Waals surface area contributed by atoms with Crippen LogP contribution in [0.2, 0.25) is 0 Å². The van der Waals surface area contributed by atoms with E-state index in [-0.39, 0.29) is 16.9 Å². The molecule has 0 unspecified atom stereocenters. The summed E-state index contributed by atoms with van der Waals surface area (Å²) >= 11 is 0. The van der Waals surface area contributed by atoms with Gasteiger partial charge < -0.3 is 11.5 Å². The monoisotopic (exact) mass is 276 g/mol. The van der Waals surface area contributed by atoms with E-state index in [1.54, 1.807) is 0 Å². The molecule has 6 heteroatoms. The number of carbonyl (C=O) groups is 1. The topological polar surface area (TPSA) is 86.9 Å². The summed E-state index contributed by atoms with van der Waals surface area (Å²) in [5.41, 5.74) is 12.9. The first-order chi connectivity index (χ1) is 9.47. The fraction of sp³-hybridized carbons (Fsp3) is 0.286. The molecule has 1 heterocycles. The highest BCUT2D eigenvalue weighted by Crippen LogP contribution is 2.23. The Morgan fingerprint density at radius 1 is 1.30 bits per heavy atom. The molecule has 0 saturated carbocycles. The second-order valence-corrected chi connectivity index (χ2v) is 4.50. The van der Waals surface area contributed by atoms with E-state index in [2.05, 4.69) is 5.10 Å². The van der Waals surface area contributed by atoms with E-state index in [0.29, 0.717) is 6.42 Å². The van der Waals surface area contributed by atoms with Crippen LogP contribution in [-0.4, -0.2) is 15.7 Å². The predicted molar refractivity (Wildman–Crippen MR) is 75.2 cm³/mol. The number of nitrogens with zero attached hydrogens (tertiary/aromatic N) is 2. The molecule has 20 heavy (non-hydrogen) atoms. The zero-order valence-corrected chi connectivity index (χ0v) is 11.5. The lowest BCUT2D eigenvalue weighted by molar-refractivity contribution is 0.100. The summed E-state index contributed by atoms with van der Waals surface area (Å²) in [4.78, 5) is 11.3. The van der Waals surface area contributed by atoms with Crippen LogP contribution in [0.1, 0.15) is 35.6 Å². The number of carbonyl (C=O) groups excluding carboxylic acids is 1. The third-order valence-corrected chi connectivity index (χ3v) is 3.17. The Morgan fingerprint density at radius 3 is 2.55 bits per heavy atom. The van der Waals surface area contributed by atoms with Gasteiger partial charge in [0.25, 0.3) is 5.91 Å². The van der Waals surface area contributed by atoms with E-state index < -0.39 is 11.7 Å². The normalized spacial score (nSPS) is 10.8. The van der Waals surface area contributed by atoms with Crippen molar-refractivity contribution in [3.8, 4) is 5.69 Å². The van der Waals surface area contributed by atoms with Crippen LogP contribution in [-0.2, 0) is 12.8 Å². The molecular weight excluding hydrogens is 259 g/mol. The predicted octanol–water partition coefficient (Wildman–Crippen LogP) is 1.82. The van der Waals surface area contributed by atoms with Crippen molar-refractivity contribution in [3.63, 3.8) is 0 Å². The van der Waals surface area contributed by atoms with Crippen molar-refractivity contribution < 1.29 is 9.18 Å². The Bertz CT molecular complexity index is 663. The first-order valence-electron chi connectivity index (χ1n) is 6.44. The van der Waals surface area contributed by atoms with Crippen LogP contribution >= 0.6 is 0 Å². The maximum Gasteiger partial charge on any atom is 0.250 e. The van der Waals surface area contributed by atoms with Crippen molar-refractivity contribution in [1.29, 1.82) is 0 Å². The lowest BCUT2D eigenvalue weighted by Gasteiger charge is -2.10. The molecule has 0 radical (unpaired) electrons. The highest BCUT2D eigenvalue weighted by molar-refractivity contribution is 5.98. The van der Waals surface area contributed by atoms with Crippen molar-refractivity contribution in [3.05, 3.63) is 41.0 Å². The van der Waals surface area contributed by atoms with Crippen molar-refractivity contribution in [2.24, 2.45) is 5.73 Å². The van der Waals surface area contributed by atoms with E-state index in [0.717, 1.165) is 23.9 Å². The number of nitrogens with two attached hydrogens (primary N) is 2. The molecule has 0 saturated heterocycles. The number of benzene rings is 1. The SMILES string of the molecule is CCc1cc(CC)n(-c2cc(C(N)=O)c(N)cc2F)n1. The minimum Gasteiger partial charge on any atom is -0.398 e. The first-order valence-corrected chi connectivity index (χ1v) is 6.44. The smallest absolute Gasteiger partial charge is 0.250 e. The summed E-state index contributed by atoms with van der Waals surface area (Å²) in [6.07, 6.45) is 1.45. The van der Waals surface area contributed by atoms with Crippen molar-refractivity contribution in [2.75, 3.05) is 5.73 Å². The molecule has 0 aliphatic rings. The molecule has 0 aliphatic heterocycles. The summed E-state index contributed by atoms with van der Waals surface area (Å²) < 4.78 is 15.6. The first kappa shape index (κ1) is 14.0. The zero-order chi connectivity index (χ0) is 14.9. The summed E-state index contributed by atoms with van der Waals surface area (Å²) in [6, 6.07) is 4.36. The summed E-state index contributed by atoms with van der Waals surface area (Å²) in [5.74, 6) is -1.22. The van der Waals surface area contributed by atoms with Crippen LogP contribution in [0.3, 0.4) is 0 Å². The van der Waals surface area contributed by atoms with Crippen LogP contribution in [0.5, 0.6) is 0 Å². The maximum atomic E-state index is 14.1. The fourth-order valence-corrected chi connectivity index (χ4v) is 2.06. The Labute approximate surface area is 116 Å². The second kappa shape index (κ2) is 5.32.